The Morgan fingerprint density at radius 2 is 2.10 bits per heavy atom. The molecule has 0 aliphatic carbocycles. The molecule has 2 rings (SSSR count). The zero-order chi connectivity index (χ0) is 15.6. The zero-order valence-corrected chi connectivity index (χ0v) is 12.7. The predicted molar refractivity (Wildman–Crippen MR) is 81.6 cm³/mol. The summed E-state index contributed by atoms with van der Waals surface area (Å²) in [6.07, 6.45) is 3.41. The maximum atomic E-state index is 12.2. The van der Waals surface area contributed by atoms with Crippen LogP contribution in [-0.2, 0) is 0 Å². The van der Waals surface area contributed by atoms with Gasteiger partial charge in [0.2, 0.25) is 0 Å². The fourth-order valence-corrected chi connectivity index (χ4v) is 1.82. The third-order valence-electron chi connectivity index (χ3n) is 2.98. The number of nitrogens with zero attached hydrogens (tertiary/aromatic N) is 3. The van der Waals surface area contributed by atoms with E-state index in [0.717, 1.165) is 0 Å². The van der Waals surface area contributed by atoms with Crippen LogP contribution in [0.25, 0.3) is 0 Å². The van der Waals surface area contributed by atoms with Gasteiger partial charge in [0.05, 0.1) is 18.0 Å². The van der Waals surface area contributed by atoms with Gasteiger partial charge in [-0.1, -0.05) is 0 Å². The van der Waals surface area contributed by atoms with Gasteiger partial charge in [-0.2, -0.15) is 5.10 Å². The number of amides is 1. The van der Waals surface area contributed by atoms with E-state index in [1.165, 1.54) is 4.90 Å². The number of anilines is 1. The highest BCUT2D eigenvalue weighted by molar-refractivity contribution is 5.97. The van der Waals surface area contributed by atoms with Gasteiger partial charge in [-0.3, -0.25) is 9.48 Å². The average Bonchev–Trinajstić information content (AvgIpc) is 2.87. The van der Waals surface area contributed by atoms with Crippen LogP contribution in [0.15, 0.2) is 30.6 Å². The number of aromatic nitrogens is 2. The van der Waals surface area contributed by atoms with Crippen molar-refractivity contribution in [2.45, 2.75) is 19.9 Å². The fraction of sp³-hybridized carbons (Fsp3) is 0.333. The van der Waals surface area contributed by atoms with E-state index in [0.29, 0.717) is 22.7 Å². The molecule has 0 fully saturated rings. The van der Waals surface area contributed by atoms with Crippen LogP contribution in [0.3, 0.4) is 0 Å². The van der Waals surface area contributed by atoms with Crippen molar-refractivity contribution in [2.24, 2.45) is 0 Å². The van der Waals surface area contributed by atoms with Crippen LogP contribution in [0.1, 0.15) is 30.2 Å². The second kappa shape index (κ2) is 5.87. The quantitative estimate of drug-likeness (QED) is 0.877. The van der Waals surface area contributed by atoms with E-state index in [2.05, 4.69) is 5.10 Å². The van der Waals surface area contributed by atoms with E-state index < -0.39 is 0 Å². The van der Waals surface area contributed by atoms with Gasteiger partial charge in [-0.15, -0.1) is 0 Å². The van der Waals surface area contributed by atoms with Crippen molar-refractivity contribution in [3.8, 4) is 11.5 Å². The summed E-state index contributed by atoms with van der Waals surface area (Å²) >= 11 is 0. The summed E-state index contributed by atoms with van der Waals surface area (Å²) in [6.45, 7) is 4.05. The predicted octanol–water partition coefficient (Wildman–Crippen LogP) is 2.54. The van der Waals surface area contributed by atoms with Gasteiger partial charge in [-0.05, 0) is 26.0 Å². The molecule has 0 spiro atoms. The summed E-state index contributed by atoms with van der Waals surface area (Å²) < 4.78 is 7.57. The lowest BCUT2D eigenvalue weighted by Crippen LogP contribution is -2.22. The molecule has 0 aliphatic rings. The molecule has 1 aromatic carbocycles. The molecule has 0 bridgehead atoms. The molecule has 0 saturated heterocycles. The summed E-state index contributed by atoms with van der Waals surface area (Å²) in [5.41, 5.74) is 6.79. The Balaban J connectivity index is 2.33. The Morgan fingerprint density at radius 3 is 2.67 bits per heavy atom. The number of rotatable bonds is 4. The van der Waals surface area contributed by atoms with Crippen molar-refractivity contribution >= 4 is 11.6 Å². The molecule has 6 heteroatoms. The van der Waals surface area contributed by atoms with E-state index in [4.69, 9.17) is 10.5 Å². The first-order valence-electron chi connectivity index (χ1n) is 6.71. The number of hydrogen-bond donors (Lipinski definition) is 1. The Morgan fingerprint density at radius 1 is 1.38 bits per heavy atom. The van der Waals surface area contributed by atoms with Gasteiger partial charge in [0.15, 0.2) is 5.75 Å². The van der Waals surface area contributed by atoms with Crippen molar-refractivity contribution < 1.29 is 9.53 Å². The lowest BCUT2D eigenvalue weighted by atomic mass is 10.1. The highest BCUT2D eigenvalue weighted by Gasteiger charge is 2.16. The Kier molecular flexibility index (Phi) is 4.16. The summed E-state index contributed by atoms with van der Waals surface area (Å²) in [5, 5.41) is 4.21. The minimum atomic E-state index is -0.138. The first kappa shape index (κ1) is 14.9. The summed E-state index contributed by atoms with van der Waals surface area (Å²) in [4.78, 5) is 13.7. The highest BCUT2D eigenvalue weighted by Crippen LogP contribution is 2.28. The van der Waals surface area contributed by atoms with Gasteiger partial charge in [0.1, 0.15) is 5.75 Å². The first-order valence-corrected chi connectivity index (χ1v) is 6.71. The molecule has 0 unspecified atom stereocenters. The smallest absolute Gasteiger partial charge is 0.257 e. The molecule has 0 aliphatic heterocycles. The molecule has 1 heterocycles. The molecule has 6 nitrogen and oxygen atoms in total. The molecule has 1 amide bonds. The summed E-state index contributed by atoms with van der Waals surface area (Å²) in [6, 6.07) is 5.23. The molecule has 0 atom stereocenters. The Hall–Kier alpha value is -2.50. The van der Waals surface area contributed by atoms with Crippen molar-refractivity contribution in [3.05, 3.63) is 36.2 Å². The van der Waals surface area contributed by atoms with Gasteiger partial charge in [0, 0.05) is 31.9 Å². The molecule has 0 saturated carbocycles. The molecule has 0 radical (unpaired) electrons. The van der Waals surface area contributed by atoms with Gasteiger partial charge in [-0.25, -0.2) is 0 Å². The lowest BCUT2D eigenvalue weighted by molar-refractivity contribution is 0.0825. The number of carbonyl (C=O) groups excluding carboxylic acids is 1. The molecule has 2 aromatic rings. The highest BCUT2D eigenvalue weighted by atomic mass is 16.5. The van der Waals surface area contributed by atoms with Crippen LogP contribution in [-0.4, -0.2) is 34.7 Å². The molecule has 1 aromatic heterocycles. The van der Waals surface area contributed by atoms with Crippen molar-refractivity contribution in [1.29, 1.82) is 0 Å². The molecule has 2 N–H and O–H groups in total. The van der Waals surface area contributed by atoms with Crippen LogP contribution >= 0.6 is 0 Å². The number of hydrogen-bond acceptors (Lipinski definition) is 4. The van der Waals surface area contributed by atoms with Crippen LogP contribution in [0, 0.1) is 0 Å². The monoisotopic (exact) mass is 288 g/mol. The van der Waals surface area contributed by atoms with E-state index in [1.807, 2.05) is 13.8 Å². The van der Waals surface area contributed by atoms with E-state index >= 15 is 0 Å². The van der Waals surface area contributed by atoms with E-state index in [-0.39, 0.29) is 11.9 Å². The third-order valence-corrected chi connectivity index (χ3v) is 2.98. The SMILES string of the molecule is CC(C)n1cc(Oc2cc(N)ccc2C(=O)N(C)C)cn1. The van der Waals surface area contributed by atoms with E-state index in [1.54, 1.807) is 49.4 Å². The van der Waals surface area contributed by atoms with Gasteiger partial charge < -0.3 is 15.4 Å². The first-order chi connectivity index (χ1) is 9.88. The maximum Gasteiger partial charge on any atom is 0.257 e. The van der Waals surface area contributed by atoms with Gasteiger partial charge in [0.25, 0.3) is 5.91 Å². The minimum absolute atomic E-state index is 0.138. The Bertz CT molecular complexity index is 647. The lowest BCUT2D eigenvalue weighted by Gasteiger charge is -2.14. The number of carbonyl (C=O) groups is 1. The van der Waals surface area contributed by atoms with Crippen LogP contribution < -0.4 is 10.5 Å². The van der Waals surface area contributed by atoms with Crippen molar-refractivity contribution in [3.63, 3.8) is 0 Å². The normalized spacial score (nSPS) is 10.7. The van der Waals surface area contributed by atoms with Crippen LogP contribution in [0.5, 0.6) is 11.5 Å². The van der Waals surface area contributed by atoms with Crippen LogP contribution in [0.2, 0.25) is 0 Å². The zero-order valence-electron chi connectivity index (χ0n) is 12.7. The number of ether oxygens (including phenoxy) is 1. The van der Waals surface area contributed by atoms with Crippen LogP contribution in [0.4, 0.5) is 5.69 Å². The summed E-state index contributed by atoms with van der Waals surface area (Å²) in [5.74, 6) is 0.861. The van der Waals surface area contributed by atoms with Crippen molar-refractivity contribution in [2.75, 3.05) is 19.8 Å². The topological polar surface area (TPSA) is 73.4 Å². The molecule has 112 valence electrons. The second-order valence-electron chi connectivity index (χ2n) is 5.31. The average molecular weight is 288 g/mol. The second-order valence-corrected chi connectivity index (χ2v) is 5.31. The number of nitrogen functional groups attached to an aromatic ring is 1. The fourth-order valence-electron chi connectivity index (χ4n) is 1.82. The number of nitrogens with two attached hydrogens (primary N) is 1. The number of benzene rings is 1. The largest absolute Gasteiger partial charge is 0.453 e. The molecule has 21 heavy (non-hydrogen) atoms. The molecular formula is C15H20N4O2. The maximum absolute atomic E-state index is 12.2. The van der Waals surface area contributed by atoms with Crippen molar-refractivity contribution in [1.82, 2.24) is 14.7 Å². The van der Waals surface area contributed by atoms with Gasteiger partial charge >= 0.3 is 0 Å². The minimum Gasteiger partial charge on any atom is -0.453 e. The van der Waals surface area contributed by atoms with E-state index in [9.17, 15) is 4.79 Å². The standard InChI is InChI=1S/C15H20N4O2/c1-10(2)19-9-12(8-17-19)21-14-7-11(16)5-6-13(14)15(20)18(3)4/h5-10H,16H2,1-4H3. The molecular weight excluding hydrogens is 268 g/mol. The third kappa shape index (κ3) is 3.34. The summed E-state index contributed by atoms with van der Waals surface area (Å²) in [7, 11) is 3.39. The Labute approximate surface area is 124 Å².